The van der Waals surface area contributed by atoms with E-state index in [1.807, 2.05) is 49.3 Å². The van der Waals surface area contributed by atoms with Crippen molar-refractivity contribution in [2.45, 2.75) is 0 Å². The van der Waals surface area contributed by atoms with Crippen molar-refractivity contribution < 1.29 is 0 Å². The van der Waals surface area contributed by atoms with Gasteiger partial charge in [0.15, 0.2) is 0 Å². The molecular formula is C44H28N6. The minimum absolute atomic E-state index is 0.832. The molecule has 10 rings (SSSR count). The monoisotopic (exact) mass is 640 g/mol. The maximum Gasteiger partial charge on any atom is 0.0886 e. The number of nitrogens with zero attached hydrogens (tertiary/aromatic N) is 6. The van der Waals surface area contributed by atoms with E-state index >= 15 is 0 Å². The van der Waals surface area contributed by atoms with Gasteiger partial charge in [0.1, 0.15) is 0 Å². The molecule has 0 bridgehead atoms. The number of pyridine rings is 4. The summed E-state index contributed by atoms with van der Waals surface area (Å²) in [7, 11) is 0. The Morgan fingerprint density at radius 1 is 0.340 bits per heavy atom. The molecule has 0 saturated carbocycles. The van der Waals surface area contributed by atoms with Crippen molar-refractivity contribution in [3.05, 3.63) is 171 Å². The summed E-state index contributed by atoms with van der Waals surface area (Å²) in [6, 6.07) is 46.7. The minimum Gasteiger partial charge on any atom is -0.309 e. The highest BCUT2D eigenvalue weighted by Crippen LogP contribution is 2.35. The summed E-state index contributed by atoms with van der Waals surface area (Å²) < 4.78 is 4.61. The van der Waals surface area contributed by atoms with Gasteiger partial charge in [0.2, 0.25) is 0 Å². The van der Waals surface area contributed by atoms with Crippen molar-refractivity contribution in [2.75, 3.05) is 0 Å². The molecule has 10 aromatic rings. The standard InChI is InChI=1S/C44H28N6/c1-3-13-41-35(11-1)37-27-45-21-19-43(37)49(41)33-9-5-7-29(23-33)31-15-17-39(47-25-31)40-18-16-32(26-48-40)30-8-6-10-34(24-30)50-42-14-4-2-12-36(42)38-28-46-22-20-44(38)50/h1-28H. The molecule has 0 spiro atoms. The van der Waals surface area contributed by atoms with E-state index in [4.69, 9.17) is 9.97 Å². The first-order valence-electron chi connectivity index (χ1n) is 16.6. The molecule has 0 amide bonds. The third-order valence-electron chi connectivity index (χ3n) is 9.61. The van der Waals surface area contributed by atoms with Crippen molar-refractivity contribution in [3.8, 4) is 45.0 Å². The zero-order valence-corrected chi connectivity index (χ0v) is 26.8. The van der Waals surface area contributed by atoms with Crippen LogP contribution >= 0.6 is 0 Å². The summed E-state index contributed by atoms with van der Waals surface area (Å²) in [6.07, 6.45) is 11.5. The predicted molar refractivity (Wildman–Crippen MR) is 203 cm³/mol. The van der Waals surface area contributed by atoms with Crippen LogP contribution in [0.1, 0.15) is 0 Å². The van der Waals surface area contributed by atoms with Crippen molar-refractivity contribution in [1.82, 2.24) is 29.1 Å². The zero-order chi connectivity index (χ0) is 33.0. The highest BCUT2D eigenvalue weighted by Gasteiger charge is 2.14. The van der Waals surface area contributed by atoms with Gasteiger partial charge in [-0.05, 0) is 71.8 Å². The molecular weight excluding hydrogens is 613 g/mol. The van der Waals surface area contributed by atoms with Crippen molar-refractivity contribution in [1.29, 1.82) is 0 Å². The SMILES string of the molecule is c1cc(-c2ccc(-c3ccc(-c4cccc(-n5c6ccccc6c6cnccc65)c4)cn3)nc2)cc(-n2c3ccccc3c3cnccc32)c1. The summed E-state index contributed by atoms with van der Waals surface area (Å²) >= 11 is 0. The third-order valence-corrected chi connectivity index (χ3v) is 9.61. The molecule has 0 aliphatic heterocycles. The molecule has 0 unspecified atom stereocenters. The van der Waals surface area contributed by atoms with E-state index in [0.29, 0.717) is 0 Å². The second kappa shape index (κ2) is 11.4. The van der Waals surface area contributed by atoms with Crippen LogP contribution in [0.5, 0.6) is 0 Å². The Balaban J connectivity index is 0.949. The van der Waals surface area contributed by atoms with Crippen LogP contribution in [0.15, 0.2) is 171 Å². The molecule has 0 aliphatic rings. The lowest BCUT2D eigenvalue weighted by Gasteiger charge is -2.11. The van der Waals surface area contributed by atoms with Gasteiger partial charge in [-0.3, -0.25) is 19.9 Å². The van der Waals surface area contributed by atoms with Gasteiger partial charge >= 0.3 is 0 Å². The quantitative estimate of drug-likeness (QED) is 0.188. The van der Waals surface area contributed by atoms with E-state index in [0.717, 1.165) is 77.9 Å². The first kappa shape index (κ1) is 28.1. The highest BCUT2D eigenvalue weighted by atomic mass is 15.0. The summed E-state index contributed by atoms with van der Waals surface area (Å²) in [4.78, 5) is 18.5. The molecule has 0 aliphatic carbocycles. The highest BCUT2D eigenvalue weighted by molar-refractivity contribution is 6.09. The third kappa shape index (κ3) is 4.50. The van der Waals surface area contributed by atoms with Crippen LogP contribution in [0.4, 0.5) is 0 Å². The van der Waals surface area contributed by atoms with Crippen LogP contribution in [0.25, 0.3) is 88.6 Å². The number of aromatic nitrogens is 6. The van der Waals surface area contributed by atoms with E-state index in [9.17, 15) is 0 Å². The molecule has 6 nitrogen and oxygen atoms in total. The van der Waals surface area contributed by atoms with Crippen LogP contribution in [0, 0.1) is 0 Å². The molecule has 50 heavy (non-hydrogen) atoms. The van der Waals surface area contributed by atoms with E-state index < -0.39 is 0 Å². The average molecular weight is 641 g/mol. The first-order valence-corrected chi connectivity index (χ1v) is 16.6. The van der Waals surface area contributed by atoms with Crippen LogP contribution in [0.2, 0.25) is 0 Å². The van der Waals surface area contributed by atoms with Gasteiger partial charge in [-0.15, -0.1) is 0 Å². The number of hydrogen-bond acceptors (Lipinski definition) is 4. The number of para-hydroxylation sites is 2. The number of fused-ring (bicyclic) bond motifs is 6. The van der Waals surface area contributed by atoms with Gasteiger partial charge in [-0.25, -0.2) is 0 Å². The fourth-order valence-corrected chi connectivity index (χ4v) is 7.27. The Hall–Kier alpha value is -6.92. The molecule has 6 aromatic heterocycles. The molecule has 6 heteroatoms. The van der Waals surface area contributed by atoms with Crippen molar-refractivity contribution in [2.24, 2.45) is 0 Å². The van der Waals surface area contributed by atoms with Crippen molar-refractivity contribution >= 4 is 43.6 Å². The van der Waals surface area contributed by atoms with E-state index in [-0.39, 0.29) is 0 Å². The van der Waals surface area contributed by atoms with Crippen LogP contribution in [-0.4, -0.2) is 29.1 Å². The lowest BCUT2D eigenvalue weighted by atomic mass is 10.0. The average Bonchev–Trinajstić information content (AvgIpc) is 3.71. The molecule has 6 heterocycles. The second-order valence-corrected chi connectivity index (χ2v) is 12.5. The van der Waals surface area contributed by atoms with E-state index in [2.05, 4.69) is 140 Å². The van der Waals surface area contributed by atoms with Gasteiger partial charge in [0.25, 0.3) is 0 Å². The molecule has 0 N–H and O–H groups in total. The minimum atomic E-state index is 0.832. The fraction of sp³-hybridized carbons (Fsp3) is 0. The Morgan fingerprint density at radius 2 is 0.800 bits per heavy atom. The zero-order valence-electron chi connectivity index (χ0n) is 26.8. The van der Waals surface area contributed by atoms with Gasteiger partial charge in [-0.2, -0.15) is 0 Å². The van der Waals surface area contributed by atoms with Gasteiger partial charge in [0, 0.05) is 81.2 Å². The predicted octanol–water partition coefficient (Wildman–Crippen LogP) is 10.5. The maximum atomic E-state index is 4.84. The van der Waals surface area contributed by atoms with Gasteiger partial charge < -0.3 is 9.13 Å². The Kier molecular flexibility index (Phi) is 6.39. The smallest absolute Gasteiger partial charge is 0.0886 e. The van der Waals surface area contributed by atoms with Crippen LogP contribution in [0.3, 0.4) is 0 Å². The molecule has 0 fully saturated rings. The summed E-state index contributed by atoms with van der Waals surface area (Å²) in [5.74, 6) is 0. The van der Waals surface area contributed by atoms with E-state index in [1.165, 1.54) is 10.8 Å². The molecule has 4 aromatic carbocycles. The van der Waals surface area contributed by atoms with E-state index in [1.54, 1.807) is 0 Å². The molecule has 0 saturated heterocycles. The summed E-state index contributed by atoms with van der Waals surface area (Å²) in [6.45, 7) is 0. The van der Waals surface area contributed by atoms with Crippen LogP contribution < -0.4 is 0 Å². The number of hydrogen-bond donors (Lipinski definition) is 0. The normalized spacial score (nSPS) is 11.6. The Labute approximate surface area is 287 Å². The second-order valence-electron chi connectivity index (χ2n) is 12.5. The Bertz CT molecular complexity index is 2560. The fourth-order valence-electron chi connectivity index (χ4n) is 7.27. The van der Waals surface area contributed by atoms with Gasteiger partial charge in [0.05, 0.1) is 33.5 Å². The van der Waals surface area contributed by atoms with Crippen molar-refractivity contribution in [3.63, 3.8) is 0 Å². The van der Waals surface area contributed by atoms with Crippen LogP contribution in [-0.2, 0) is 0 Å². The molecule has 0 atom stereocenters. The Morgan fingerprint density at radius 3 is 1.26 bits per heavy atom. The number of rotatable bonds is 5. The maximum absolute atomic E-state index is 4.84. The molecule has 234 valence electrons. The molecule has 0 radical (unpaired) electrons. The summed E-state index contributed by atoms with van der Waals surface area (Å²) in [5, 5.41) is 4.68. The first-order chi connectivity index (χ1) is 24.8. The van der Waals surface area contributed by atoms with Gasteiger partial charge in [-0.1, -0.05) is 72.8 Å². The number of benzene rings is 4. The lowest BCUT2D eigenvalue weighted by molar-refractivity contribution is 1.17. The lowest BCUT2D eigenvalue weighted by Crippen LogP contribution is -1.95. The largest absolute Gasteiger partial charge is 0.309 e. The summed E-state index contributed by atoms with van der Waals surface area (Å²) in [5.41, 5.74) is 12.7. The topological polar surface area (TPSA) is 61.4 Å².